The molecule has 0 heterocycles. The smallest absolute Gasteiger partial charge is 0.126 e. The van der Waals surface area contributed by atoms with Crippen LogP contribution in [0.25, 0.3) is 0 Å². The summed E-state index contributed by atoms with van der Waals surface area (Å²) in [6.45, 7) is 4.13. The Morgan fingerprint density at radius 1 is 1.22 bits per heavy atom. The topological polar surface area (TPSA) is 36.8 Å². The SMILES string of the molecule is C/C=C\C(=N/C)NC(/C=C1/C=CC=CC1C)=N/C. The first-order valence-electron chi connectivity index (χ1n) is 6.11. The first-order chi connectivity index (χ1) is 8.71. The summed E-state index contributed by atoms with van der Waals surface area (Å²) in [5, 5.41) is 3.20. The van der Waals surface area contributed by atoms with Crippen LogP contribution in [-0.2, 0) is 0 Å². The molecule has 0 aromatic carbocycles. The van der Waals surface area contributed by atoms with Gasteiger partial charge in [-0.15, -0.1) is 0 Å². The molecule has 0 spiro atoms. The van der Waals surface area contributed by atoms with Crippen LogP contribution in [-0.4, -0.2) is 25.8 Å². The summed E-state index contributed by atoms with van der Waals surface area (Å²) in [7, 11) is 3.53. The van der Waals surface area contributed by atoms with E-state index < -0.39 is 0 Å². The van der Waals surface area contributed by atoms with Gasteiger partial charge in [-0.3, -0.25) is 9.98 Å². The van der Waals surface area contributed by atoms with E-state index in [0.29, 0.717) is 5.92 Å². The van der Waals surface area contributed by atoms with E-state index in [1.54, 1.807) is 14.1 Å². The third kappa shape index (κ3) is 4.17. The summed E-state index contributed by atoms with van der Waals surface area (Å²) in [6.07, 6.45) is 14.3. The van der Waals surface area contributed by atoms with Crippen LogP contribution in [0.2, 0.25) is 0 Å². The van der Waals surface area contributed by atoms with Crippen LogP contribution in [0, 0.1) is 5.92 Å². The molecule has 0 fully saturated rings. The van der Waals surface area contributed by atoms with Gasteiger partial charge >= 0.3 is 0 Å². The standard InChI is InChI=1S/C15H21N3/c1-5-8-14(16-3)18-15(17-4)11-13-10-7-6-9-12(13)2/h5-12H,1-4H3,(H,16,17,18)/b8-5-,13-11-. The van der Waals surface area contributed by atoms with E-state index in [1.807, 2.05) is 25.2 Å². The predicted octanol–water partition coefficient (Wildman–Crippen LogP) is 2.90. The molecular formula is C15H21N3. The van der Waals surface area contributed by atoms with E-state index in [4.69, 9.17) is 0 Å². The molecule has 3 heteroatoms. The summed E-state index contributed by atoms with van der Waals surface area (Å²) in [4.78, 5) is 8.40. The number of nitrogens with zero attached hydrogens (tertiary/aromatic N) is 2. The maximum absolute atomic E-state index is 4.24. The number of rotatable bonds is 2. The van der Waals surface area contributed by atoms with Crippen LogP contribution >= 0.6 is 0 Å². The average molecular weight is 243 g/mol. The van der Waals surface area contributed by atoms with Crippen LogP contribution in [0.4, 0.5) is 0 Å². The molecule has 1 unspecified atom stereocenters. The normalized spacial score (nSPS) is 23.1. The number of hydrogen-bond acceptors (Lipinski definition) is 2. The fourth-order valence-electron chi connectivity index (χ4n) is 1.62. The number of nitrogens with one attached hydrogen (secondary N) is 1. The molecule has 0 saturated carbocycles. The van der Waals surface area contributed by atoms with Gasteiger partial charge in [0.05, 0.1) is 0 Å². The number of hydrogen-bond donors (Lipinski definition) is 1. The van der Waals surface area contributed by atoms with Crippen molar-refractivity contribution in [2.75, 3.05) is 14.1 Å². The largest absolute Gasteiger partial charge is 0.326 e. The third-order valence-corrected chi connectivity index (χ3v) is 2.69. The molecule has 1 rings (SSSR count). The molecule has 3 nitrogen and oxygen atoms in total. The minimum atomic E-state index is 0.414. The third-order valence-electron chi connectivity index (χ3n) is 2.69. The van der Waals surface area contributed by atoms with Gasteiger partial charge in [0.15, 0.2) is 0 Å². The van der Waals surface area contributed by atoms with E-state index in [0.717, 1.165) is 11.7 Å². The van der Waals surface area contributed by atoms with Crippen molar-refractivity contribution in [2.45, 2.75) is 13.8 Å². The minimum absolute atomic E-state index is 0.414. The lowest BCUT2D eigenvalue weighted by Crippen LogP contribution is -2.28. The highest BCUT2D eigenvalue weighted by Gasteiger charge is 2.06. The molecule has 96 valence electrons. The summed E-state index contributed by atoms with van der Waals surface area (Å²) in [6, 6.07) is 0. The van der Waals surface area contributed by atoms with E-state index >= 15 is 0 Å². The first-order valence-corrected chi connectivity index (χ1v) is 6.11. The van der Waals surface area contributed by atoms with Crippen molar-refractivity contribution < 1.29 is 0 Å². The Bertz CT molecular complexity index is 448. The second-order valence-electron chi connectivity index (χ2n) is 4.02. The van der Waals surface area contributed by atoms with E-state index in [-0.39, 0.29) is 0 Å². The van der Waals surface area contributed by atoms with Gasteiger partial charge in [0.1, 0.15) is 11.7 Å². The van der Waals surface area contributed by atoms with E-state index in [1.165, 1.54) is 5.57 Å². The Hall–Kier alpha value is -1.90. The molecule has 0 radical (unpaired) electrons. The van der Waals surface area contributed by atoms with Crippen LogP contribution < -0.4 is 5.32 Å². The van der Waals surface area contributed by atoms with Crippen LogP contribution in [0.15, 0.2) is 58.1 Å². The Balaban J connectivity index is 2.83. The molecule has 0 aromatic rings. The molecule has 1 N–H and O–H groups in total. The summed E-state index contributed by atoms with van der Waals surface area (Å²) in [5.74, 6) is 2.03. The molecule has 1 aliphatic carbocycles. The zero-order valence-electron chi connectivity index (χ0n) is 11.5. The second kappa shape index (κ2) is 7.43. The molecule has 1 atom stereocenters. The zero-order chi connectivity index (χ0) is 13.4. The van der Waals surface area contributed by atoms with Gasteiger partial charge in [-0.1, -0.05) is 37.3 Å². The lowest BCUT2D eigenvalue weighted by Gasteiger charge is -2.13. The second-order valence-corrected chi connectivity index (χ2v) is 4.02. The Kier molecular flexibility index (Phi) is 5.85. The molecule has 18 heavy (non-hydrogen) atoms. The Morgan fingerprint density at radius 2 is 1.94 bits per heavy atom. The van der Waals surface area contributed by atoms with Gasteiger partial charge in [0, 0.05) is 14.1 Å². The van der Waals surface area contributed by atoms with Crippen molar-refractivity contribution in [1.29, 1.82) is 0 Å². The number of allylic oxidation sites excluding steroid dienone is 6. The fourth-order valence-corrected chi connectivity index (χ4v) is 1.62. The highest BCUT2D eigenvalue weighted by atomic mass is 15.0. The molecule has 0 amide bonds. The van der Waals surface area contributed by atoms with Crippen LogP contribution in [0.1, 0.15) is 13.8 Å². The fraction of sp³-hybridized carbons (Fsp3) is 0.333. The Morgan fingerprint density at radius 3 is 2.50 bits per heavy atom. The van der Waals surface area contributed by atoms with Crippen molar-refractivity contribution in [1.82, 2.24) is 5.32 Å². The van der Waals surface area contributed by atoms with Gasteiger partial charge < -0.3 is 5.32 Å². The zero-order valence-corrected chi connectivity index (χ0v) is 11.5. The molecular weight excluding hydrogens is 222 g/mol. The van der Waals surface area contributed by atoms with Crippen molar-refractivity contribution in [3.8, 4) is 0 Å². The monoisotopic (exact) mass is 243 g/mol. The maximum Gasteiger partial charge on any atom is 0.126 e. The number of amidine groups is 2. The summed E-state index contributed by atoms with van der Waals surface area (Å²) >= 11 is 0. The van der Waals surface area contributed by atoms with Gasteiger partial charge in [0.25, 0.3) is 0 Å². The summed E-state index contributed by atoms with van der Waals surface area (Å²) in [5.41, 5.74) is 1.24. The highest BCUT2D eigenvalue weighted by Crippen LogP contribution is 2.17. The predicted molar refractivity (Wildman–Crippen MR) is 80.2 cm³/mol. The van der Waals surface area contributed by atoms with Crippen LogP contribution in [0.3, 0.4) is 0 Å². The van der Waals surface area contributed by atoms with Gasteiger partial charge in [-0.2, -0.15) is 0 Å². The first kappa shape index (κ1) is 14.2. The number of aliphatic imine (C=N–C) groups is 2. The summed E-state index contributed by atoms with van der Waals surface area (Å²) < 4.78 is 0. The Labute approximate surface area is 109 Å². The van der Waals surface area contributed by atoms with Crippen LogP contribution in [0.5, 0.6) is 0 Å². The van der Waals surface area contributed by atoms with Crippen molar-refractivity contribution in [3.63, 3.8) is 0 Å². The minimum Gasteiger partial charge on any atom is -0.326 e. The lowest BCUT2D eigenvalue weighted by atomic mass is 9.96. The average Bonchev–Trinajstić information content (AvgIpc) is 2.39. The van der Waals surface area contributed by atoms with Crippen molar-refractivity contribution in [2.24, 2.45) is 15.9 Å². The lowest BCUT2D eigenvalue weighted by molar-refractivity contribution is 0.884. The van der Waals surface area contributed by atoms with Gasteiger partial charge in [-0.25, -0.2) is 0 Å². The quantitative estimate of drug-likeness (QED) is 0.587. The van der Waals surface area contributed by atoms with Gasteiger partial charge in [-0.05, 0) is 30.6 Å². The molecule has 1 aliphatic rings. The maximum atomic E-state index is 4.24. The van der Waals surface area contributed by atoms with Crippen molar-refractivity contribution >= 4 is 11.7 Å². The molecule has 0 saturated heterocycles. The van der Waals surface area contributed by atoms with E-state index in [9.17, 15) is 0 Å². The molecule has 0 aromatic heterocycles. The molecule has 0 bridgehead atoms. The highest BCUT2D eigenvalue weighted by molar-refractivity contribution is 6.10. The van der Waals surface area contributed by atoms with Crippen molar-refractivity contribution in [3.05, 3.63) is 48.1 Å². The van der Waals surface area contributed by atoms with E-state index in [2.05, 4.69) is 46.5 Å². The van der Waals surface area contributed by atoms with Gasteiger partial charge in [0.2, 0.25) is 0 Å². The molecule has 0 aliphatic heterocycles.